The highest BCUT2D eigenvalue weighted by atomic mass is 16.4. The molecule has 0 atom stereocenters. The van der Waals surface area contributed by atoms with Crippen LogP contribution in [0.5, 0.6) is 0 Å². The second-order valence-corrected chi connectivity index (χ2v) is 4.17. The second kappa shape index (κ2) is 4.93. The number of hydrogen-bond acceptors (Lipinski definition) is 3. The van der Waals surface area contributed by atoms with Crippen LogP contribution in [0.4, 0.5) is 0 Å². The first-order valence-electron chi connectivity index (χ1n) is 5.56. The van der Waals surface area contributed by atoms with Crippen LogP contribution in [-0.2, 0) is 6.54 Å². The summed E-state index contributed by atoms with van der Waals surface area (Å²) in [5.41, 5.74) is 1.18. The fourth-order valence-electron chi connectivity index (χ4n) is 1.89. The highest BCUT2D eigenvalue weighted by molar-refractivity contribution is 5.99. The number of hydrogen-bond donors (Lipinski definition) is 2. The summed E-state index contributed by atoms with van der Waals surface area (Å²) in [7, 11) is 0. The van der Waals surface area contributed by atoms with E-state index in [-0.39, 0.29) is 12.2 Å². The lowest BCUT2D eigenvalue weighted by Crippen LogP contribution is -2.13. The quantitative estimate of drug-likeness (QED) is 0.871. The monoisotopic (exact) mass is 260 g/mol. The van der Waals surface area contributed by atoms with E-state index in [2.05, 4.69) is 4.98 Å². The van der Waals surface area contributed by atoms with Gasteiger partial charge in [-0.15, -0.1) is 0 Å². The van der Waals surface area contributed by atoms with Crippen LogP contribution in [0.2, 0.25) is 0 Å². The summed E-state index contributed by atoms with van der Waals surface area (Å²) in [4.78, 5) is 25.7. The smallest absolute Gasteiger partial charge is 0.357 e. The van der Waals surface area contributed by atoms with Gasteiger partial charge in [0.05, 0.1) is 6.33 Å². The lowest BCUT2D eigenvalue weighted by Gasteiger charge is -2.06. The number of aromatic nitrogens is 2. The molecule has 0 bridgehead atoms. The summed E-state index contributed by atoms with van der Waals surface area (Å²) in [6, 6.07) is 7.55. The number of carboxylic acid groups (broad SMARTS) is 2. The zero-order valence-electron chi connectivity index (χ0n) is 10.2. The van der Waals surface area contributed by atoms with Crippen molar-refractivity contribution in [2.75, 3.05) is 0 Å². The Kier molecular flexibility index (Phi) is 3.33. The Balaban J connectivity index is 2.41. The second-order valence-electron chi connectivity index (χ2n) is 4.17. The van der Waals surface area contributed by atoms with Crippen molar-refractivity contribution in [2.45, 2.75) is 13.5 Å². The predicted molar refractivity (Wildman–Crippen MR) is 66.4 cm³/mol. The lowest BCUT2D eigenvalue weighted by atomic mass is 10.1. The Morgan fingerprint density at radius 2 is 2.00 bits per heavy atom. The van der Waals surface area contributed by atoms with Crippen molar-refractivity contribution >= 4 is 11.9 Å². The molecule has 0 amide bonds. The van der Waals surface area contributed by atoms with Gasteiger partial charge >= 0.3 is 11.9 Å². The van der Waals surface area contributed by atoms with E-state index in [1.165, 1.54) is 10.9 Å². The van der Waals surface area contributed by atoms with E-state index in [0.29, 0.717) is 0 Å². The maximum Gasteiger partial charge on any atom is 0.357 e. The molecule has 19 heavy (non-hydrogen) atoms. The lowest BCUT2D eigenvalue weighted by molar-refractivity contribution is 0.0640. The molecule has 2 rings (SSSR count). The molecule has 1 heterocycles. The molecule has 2 N–H and O–H groups in total. The Morgan fingerprint density at radius 3 is 2.58 bits per heavy atom. The molecule has 0 saturated heterocycles. The fourth-order valence-corrected chi connectivity index (χ4v) is 1.89. The molecule has 0 unspecified atom stereocenters. The van der Waals surface area contributed by atoms with Crippen LogP contribution in [0, 0.1) is 6.92 Å². The van der Waals surface area contributed by atoms with E-state index in [1.807, 2.05) is 31.2 Å². The molecular formula is C13H12N2O4. The molecule has 98 valence electrons. The molecule has 0 saturated carbocycles. The molecule has 1 aromatic heterocycles. The van der Waals surface area contributed by atoms with Gasteiger partial charge in [0.1, 0.15) is 0 Å². The minimum atomic E-state index is -1.35. The van der Waals surface area contributed by atoms with Crippen LogP contribution >= 0.6 is 0 Å². The number of imidazole rings is 1. The van der Waals surface area contributed by atoms with Crippen molar-refractivity contribution in [1.29, 1.82) is 0 Å². The van der Waals surface area contributed by atoms with Gasteiger partial charge in [-0.3, -0.25) is 0 Å². The summed E-state index contributed by atoms with van der Waals surface area (Å²) < 4.78 is 1.32. The SMILES string of the molecule is Cc1cccc(Cn2cnc(C(=O)O)c2C(=O)O)c1. The Bertz CT molecular complexity index is 646. The largest absolute Gasteiger partial charge is 0.476 e. The third kappa shape index (κ3) is 2.62. The standard InChI is InChI=1S/C13H12N2O4/c1-8-3-2-4-9(5-8)6-15-7-14-10(12(16)17)11(15)13(18)19/h2-5,7H,6H2,1H3,(H,16,17)(H,18,19). The molecule has 0 aliphatic heterocycles. The van der Waals surface area contributed by atoms with Crippen LogP contribution in [0.3, 0.4) is 0 Å². The number of rotatable bonds is 4. The maximum atomic E-state index is 11.1. The van der Waals surface area contributed by atoms with Gasteiger partial charge in [0.15, 0.2) is 11.4 Å². The number of benzene rings is 1. The van der Waals surface area contributed by atoms with Crippen LogP contribution in [0.15, 0.2) is 30.6 Å². The van der Waals surface area contributed by atoms with Crippen LogP contribution in [-0.4, -0.2) is 31.7 Å². The van der Waals surface area contributed by atoms with Gasteiger partial charge in [-0.05, 0) is 12.5 Å². The van der Waals surface area contributed by atoms with E-state index in [0.717, 1.165) is 11.1 Å². The molecule has 1 aromatic carbocycles. The van der Waals surface area contributed by atoms with Gasteiger partial charge in [-0.2, -0.15) is 0 Å². The Morgan fingerprint density at radius 1 is 1.26 bits per heavy atom. The minimum absolute atomic E-state index is 0.267. The molecule has 0 spiro atoms. The first-order valence-corrected chi connectivity index (χ1v) is 5.56. The third-order valence-electron chi connectivity index (χ3n) is 2.68. The van der Waals surface area contributed by atoms with Gasteiger partial charge in [-0.1, -0.05) is 29.8 Å². The Labute approximate surface area is 108 Å². The van der Waals surface area contributed by atoms with Gasteiger partial charge in [-0.25, -0.2) is 14.6 Å². The number of carboxylic acids is 2. The van der Waals surface area contributed by atoms with Crippen molar-refractivity contribution in [3.8, 4) is 0 Å². The maximum absolute atomic E-state index is 11.1. The minimum Gasteiger partial charge on any atom is -0.476 e. The molecule has 0 radical (unpaired) electrons. The van der Waals surface area contributed by atoms with Crippen molar-refractivity contribution in [3.63, 3.8) is 0 Å². The highest BCUT2D eigenvalue weighted by Crippen LogP contribution is 2.12. The predicted octanol–water partition coefficient (Wildman–Crippen LogP) is 1.64. The molecule has 0 fully saturated rings. The van der Waals surface area contributed by atoms with Crippen LogP contribution < -0.4 is 0 Å². The first-order chi connectivity index (χ1) is 8.99. The molecule has 6 heteroatoms. The number of nitrogens with zero attached hydrogens (tertiary/aromatic N) is 2. The van der Waals surface area contributed by atoms with E-state index < -0.39 is 17.6 Å². The van der Waals surface area contributed by atoms with Gasteiger partial charge < -0.3 is 14.8 Å². The summed E-state index contributed by atoms with van der Waals surface area (Å²) in [6.07, 6.45) is 1.23. The summed E-state index contributed by atoms with van der Waals surface area (Å²) in [6.45, 7) is 2.20. The zero-order valence-corrected chi connectivity index (χ0v) is 10.2. The highest BCUT2D eigenvalue weighted by Gasteiger charge is 2.22. The Hall–Kier alpha value is -2.63. The summed E-state index contributed by atoms with van der Waals surface area (Å²) in [5.74, 6) is -2.65. The fraction of sp³-hybridized carbons (Fsp3) is 0.154. The topological polar surface area (TPSA) is 92.4 Å². The number of carbonyl (C=O) groups is 2. The zero-order chi connectivity index (χ0) is 14.0. The molecular weight excluding hydrogens is 248 g/mol. The van der Waals surface area contributed by atoms with Gasteiger partial charge in [0.2, 0.25) is 0 Å². The normalized spacial score (nSPS) is 10.4. The van der Waals surface area contributed by atoms with E-state index in [1.54, 1.807) is 0 Å². The molecule has 6 nitrogen and oxygen atoms in total. The summed E-state index contributed by atoms with van der Waals surface area (Å²) >= 11 is 0. The van der Waals surface area contributed by atoms with E-state index in [9.17, 15) is 9.59 Å². The van der Waals surface area contributed by atoms with E-state index >= 15 is 0 Å². The van der Waals surface area contributed by atoms with Crippen molar-refractivity contribution < 1.29 is 19.8 Å². The van der Waals surface area contributed by atoms with Gasteiger partial charge in [0, 0.05) is 6.54 Å². The molecule has 0 aliphatic carbocycles. The van der Waals surface area contributed by atoms with Crippen LogP contribution in [0.1, 0.15) is 32.1 Å². The third-order valence-corrected chi connectivity index (χ3v) is 2.68. The van der Waals surface area contributed by atoms with Crippen LogP contribution in [0.25, 0.3) is 0 Å². The van der Waals surface area contributed by atoms with Crippen molar-refractivity contribution in [3.05, 3.63) is 53.1 Å². The number of aryl methyl sites for hydroxylation is 1. The first kappa shape index (κ1) is 12.8. The average Bonchev–Trinajstić information content (AvgIpc) is 2.73. The van der Waals surface area contributed by atoms with Crippen molar-refractivity contribution in [1.82, 2.24) is 9.55 Å². The molecule has 0 aliphatic rings. The van der Waals surface area contributed by atoms with E-state index in [4.69, 9.17) is 10.2 Å². The van der Waals surface area contributed by atoms with Gasteiger partial charge in [0.25, 0.3) is 0 Å². The number of aromatic carboxylic acids is 2. The van der Waals surface area contributed by atoms with Crippen molar-refractivity contribution in [2.24, 2.45) is 0 Å². The summed E-state index contributed by atoms with van der Waals surface area (Å²) in [5, 5.41) is 18.0. The average molecular weight is 260 g/mol. The molecule has 2 aromatic rings.